The maximum absolute atomic E-state index is 12.9. The van der Waals surface area contributed by atoms with E-state index < -0.39 is 23.7 Å². The molecule has 10 heteroatoms. The van der Waals surface area contributed by atoms with Crippen molar-refractivity contribution in [2.45, 2.75) is 6.92 Å². The highest BCUT2D eigenvalue weighted by atomic mass is 32.1. The summed E-state index contributed by atoms with van der Waals surface area (Å²) in [4.78, 5) is 40.1. The van der Waals surface area contributed by atoms with Crippen LogP contribution in [-0.2, 0) is 0 Å². The summed E-state index contributed by atoms with van der Waals surface area (Å²) < 4.78 is 12.9. The van der Waals surface area contributed by atoms with Gasteiger partial charge in [0.05, 0.1) is 5.69 Å². The second-order valence-corrected chi connectivity index (χ2v) is 6.91. The molecule has 0 fully saturated rings. The summed E-state index contributed by atoms with van der Waals surface area (Å²) in [6, 6.07) is 10.8. The van der Waals surface area contributed by atoms with E-state index >= 15 is 0 Å². The molecule has 0 atom stereocenters. The van der Waals surface area contributed by atoms with Gasteiger partial charge in [-0.2, -0.15) is 0 Å². The Labute approximate surface area is 169 Å². The van der Waals surface area contributed by atoms with Gasteiger partial charge >= 0.3 is 6.03 Å². The van der Waals surface area contributed by atoms with E-state index in [4.69, 9.17) is 5.73 Å². The number of nitrogens with one attached hydrogen (secondary N) is 3. The van der Waals surface area contributed by atoms with E-state index in [0.29, 0.717) is 27.5 Å². The van der Waals surface area contributed by atoms with E-state index in [0.717, 1.165) is 11.3 Å². The molecule has 0 saturated heterocycles. The van der Waals surface area contributed by atoms with Crippen LogP contribution in [0.1, 0.15) is 25.7 Å². The molecule has 3 rings (SSSR count). The zero-order chi connectivity index (χ0) is 21.0. The van der Waals surface area contributed by atoms with Crippen molar-refractivity contribution in [3.63, 3.8) is 0 Å². The van der Waals surface area contributed by atoms with Crippen LogP contribution in [0.2, 0.25) is 0 Å². The highest BCUT2D eigenvalue weighted by molar-refractivity contribution is 7.17. The lowest BCUT2D eigenvalue weighted by Crippen LogP contribution is -2.19. The molecule has 3 aromatic rings. The summed E-state index contributed by atoms with van der Waals surface area (Å²) in [6.45, 7) is 1.64. The van der Waals surface area contributed by atoms with E-state index in [9.17, 15) is 18.8 Å². The summed E-state index contributed by atoms with van der Waals surface area (Å²) in [7, 11) is 0. The number of aromatic nitrogens is 1. The number of nitrogens with two attached hydrogens (primary N) is 1. The molecule has 148 valence electrons. The number of urea groups is 1. The third kappa shape index (κ3) is 5.14. The van der Waals surface area contributed by atoms with Gasteiger partial charge in [0.25, 0.3) is 5.91 Å². The third-order valence-electron chi connectivity index (χ3n) is 3.75. The number of aryl methyl sites for hydroxylation is 1. The molecule has 8 nitrogen and oxygen atoms in total. The van der Waals surface area contributed by atoms with Crippen molar-refractivity contribution >= 4 is 45.7 Å². The lowest BCUT2D eigenvalue weighted by molar-refractivity contribution is 0.0998. The number of amides is 4. The van der Waals surface area contributed by atoms with E-state index in [1.165, 1.54) is 36.4 Å². The molecule has 1 aromatic heterocycles. The van der Waals surface area contributed by atoms with E-state index in [1.54, 1.807) is 19.1 Å². The Morgan fingerprint density at radius 3 is 2.14 bits per heavy atom. The Hall–Kier alpha value is -3.79. The average molecular weight is 413 g/mol. The number of nitrogens with zero attached hydrogens (tertiary/aromatic N) is 1. The Kier molecular flexibility index (Phi) is 5.84. The number of rotatable bonds is 5. The highest BCUT2D eigenvalue weighted by Crippen LogP contribution is 2.24. The van der Waals surface area contributed by atoms with Gasteiger partial charge in [-0.05, 0) is 55.5 Å². The lowest BCUT2D eigenvalue weighted by Gasteiger charge is -2.05. The average Bonchev–Trinajstić information content (AvgIpc) is 3.04. The fourth-order valence-corrected chi connectivity index (χ4v) is 3.22. The summed E-state index contributed by atoms with van der Waals surface area (Å²) in [5.74, 6) is -1.37. The second kappa shape index (κ2) is 8.48. The predicted octanol–water partition coefficient (Wildman–Crippen LogP) is 3.59. The first-order chi connectivity index (χ1) is 13.8. The quantitative estimate of drug-likeness (QED) is 0.510. The first-order valence-electron chi connectivity index (χ1n) is 8.34. The molecule has 0 aliphatic heterocycles. The minimum Gasteiger partial charge on any atom is -0.366 e. The minimum atomic E-state index is -0.570. The SMILES string of the molecule is Cc1nc(NC(=O)Nc2ccc(F)cc2)sc1C(=O)Nc1ccc(C(N)=O)cc1. The van der Waals surface area contributed by atoms with Gasteiger partial charge in [-0.15, -0.1) is 0 Å². The molecule has 5 N–H and O–H groups in total. The van der Waals surface area contributed by atoms with Crippen LogP contribution in [0, 0.1) is 12.7 Å². The standard InChI is InChI=1S/C19H16FN5O3S/c1-10-15(17(27)23-13-6-2-11(3-7-13)16(21)26)29-19(22-10)25-18(28)24-14-8-4-12(20)5-9-14/h2-9H,1H3,(H2,21,26)(H,23,27)(H2,22,24,25,28). The number of carbonyl (C=O) groups is 3. The van der Waals surface area contributed by atoms with Crippen LogP contribution >= 0.6 is 11.3 Å². The zero-order valence-corrected chi connectivity index (χ0v) is 16.0. The van der Waals surface area contributed by atoms with Crippen molar-refractivity contribution in [2.24, 2.45) is 5.73 Å². The van der Waals surface area contributed by atoms with Gasteiger partial charge in [-0.3, -0.25) is 14.9 Å². The van der Waals surface area contributed by atoms with Crippen LogP contribution in [0.25, 0.3) is 0 Å². The summed E-state index contributed by atoms with van der Waals surface area (Å²) in [6.07, 6.45) is 0. The third-order valence-corrected chi connectivity index (χ3v) is 4.82. The van der Waals surface area contributed by atoms with Gasteiger partial charge in [0.1, 0.15) is 10.7 Å². The molecule has 0 bridgehead atoms. The fourth-order valence-electron chi connectivity index (χ4n) is 2.36. The summed E-state index contributed by atoms with van der Waals surface area (Å²) in [5.41, 5.74) is 6.85. The monoisotopic (exact) mass is 413 g/mol. The molecular weight excluding hydrogens is 397 g/mol. The molecule has 0 aliphatic carbocycles. The van der Waals surface area contributed by atoms with Crippen molar-refractivity contribution in [1.29, 1.82) is 0 Å². The Bertz CT molecular complexity index is 1060. The molecule has 0 aliphatic rings. The molecule has 2 aromatic carbocycles. The van der Waals surface area contributed by atoms with Crippen molar-refractivity contribution in [3.8, 4) is 0 Å². The van der Waals surface area contributed by atoms with Gasteiger partial charge < -0.3 is 16.4 Å². The number of thiazole rings is 1. The smallest absolute Gasteiger partial charge is 0.325 e. The van der Waals surface area contributed by atoms with E-state index in [1.807, 2.05) is 0 Å². The Morgan fingerprint density at radius 1 is 0.931 bits per heavy atom. The summed E-state index contributed by atoms with van der Waals surface area (Å²) >= 11 is 1.01. The minimum absolute atomic E-state index is 0.233. The Balaban J connectivity index is 1.64. The number of anilines is 3. The maximum atomic E-state index is 12.9. The topological polar surface area (TPSA) is 126 Å². The van der Waals surface area contributed by atoms with Gasteiger partial charge in [0.15, 0.2) is 5.13 Å². The molecule has 0 radical (unpaired) electrons. The highest BCUT2D eigenvalue weighted by Gasteiger charge is 2.17. The number of hydrogen-bond acceptors (Lipinski definition) is 5. The number of benzene rings is 2. The second-order valence-electron chi connectivity index (χ2n) is 5.92. The number of primary amides is 1. The molecular formula is C19H16FN5O3S. The van der Waals surface area contributed by atoms with Gasteiger partial charge in [0.2, 0.25) is 5.91 Å². The normalized spacial score (nSPS) is 10.3. The van der Waals surface area contributed by atoms with Crippen LogP contribution in [0.3, 0.4) is 0 Å². The molecule has 0 unspecified atom stereocenters. The lowest BCUT2D eigenvalue weighted by atomic mass is 10.2. The van der Waals surface area contributed by atoms with Crippen LogP contribution in [0.5, 0.6) is 0 Å². The van der Waals surface area contributed by atoms with Gasteiger partial charge in [-0.25, -0.2) is 14.2 Å². The van der Waals surface area contributed by atoms with E-state index in [2.05, 4.69) is 20.9 Å². The molecule has 4 amide bonds. The van der Waals surface area contributed by atoms with Gasteiger partial charge in [0, 0.05) is 16.9 Å². The van der Waals surface area contributed by atoms with Crippen LogP contribution in [-0.4, -0.2) is 22.8 Å². The first-order valence-corrected chi connectivity index (χ1v) is 9.15. The van der Waals surface area contributed by atoms with E-state index in [-0.39, 0.29) is 5.13 Å². The van der Waals surface area contributed by atoms with Crippen LogP contribution < -0.4 is 21.7 Å². The predicted molar refractivity (Wildman–Crippen MR) is 109 cm³/mol. The fraction of sp³-hybridized carbons (Fsp3) is 0.0526. The largest absolute Gasteiger partial charge is 0.366 e. The van der Waals surface area contributed by atoms with Crippen molar-refractivity contribution in [2.75, 3.05) is 16.0 Å². The molecule has 29 heavy (non-hydrogen) atoms. The Morgan fingerprint density at radius 2 is 1.52 bits per heavy atom. The van der Waals surface area contributed by atoms with Crippen LogP contribution in [0.15, 0.2) is 48.5 Å². The van der Waals surface area contributed by atoms with Crippen LogP contribution in [0.4, 0.5) is 25.7 Å². The zero-order valence-electron chi connectivity index (χ0n) is 15.2. The van der Waals surface area contributed by atoms with Crippen molar-refractivity contribution in [3.05, 3.63) is 70.5 Å². The molecule has 0 spiro atoms. The number of hydrogen-bond donors (Lipinski definition) is 4. The maximum Gasteiger partial charge on any atom is 0.325 e. The summed E-state index contributed by atoms with van der Waals surface area (Å²) in [5, 5.41) is 8.00. The molecule has 0 saturated carbocycles. The van der Waals surface area contributed by atoms with Gasteiger partial charge in [-0.1, -0.05) is 11.3 Å². The first kappa shape index (κ1) is 20.0. The number of halogens is 1. The van der Waals surface area contributed by atoms with Crippen molar-refractivity contribution in [1.82, 2.24) is 4.98 Å². The van der Waals surface area contributed by atoms with Crippen molar-refractivity contribution < 1.29 is 18.8 Å². The molecule has 1 heterocycles. The number of carbonyl (C=O) groups excluding carboxylic acids is 3.